The highest BCUT2D eigenvalue weighted by atomic mass is 16.6. The Labute approximate surface area is 103 Å². The molecule has 1 rings (SSSR count). The van der Waals surface area contributed by atoms with Crippen LogP contribution in [-0.4, -0.2) is 36.9 Å². The van der Waals surface area contributed by atoms with Crippen LogP contribution < -0.4 is 16.4 Å². The summed E-state index contributed by atoms with van der Waals surface area (Å²) >= 11 is 0. The number of nitrogens with two attached hydrogens (primary N) is 1. The molecule has 0 aromatic rings. The minimum atomic E-state index is -0.431. The topological polar surface area (TPSA) is 76.4 Å². The highest BCUT2D eigenvalue weighted by molar-refractivity contribution is 5.68. The van der Waals surface area contributed by atoms with E-state index in [1.165, 1.54) is 0 Å². The molecule has 0 heterocycles. The Hall–Kier alpha value is -0.810. The van der Waals surface area contributed by atoms with E-state index in [9.17, 15) is 4.79 Å². The molecule has 1 aliphatic carbocycles. The summed E-state index contributed by atoms with van der Waals surface area (Å²) in [5.74, 6) is 0. The molecule has 5 nitrogen and oxygen atoms in total. The number of carbonyl (C=O) groups is 1. The van der Waals surface area contributed by atoms with Gasteiger partial charge in [-0.15, -0.1) is 0 Å². The predicted molar refractivity (Wildman–Crippen MR) is 67.9 cm³/mol. The maximum atomic E-state index is 11.6. The van der Waals surface area contributed by atoms with E-state index in [0.29, 0.717) is 12.6 Å². The number of ether oxygens (including phenoxy) is 1. The smallest absolute Gasteiger partial charge is 0.407 e. The average molecular weight is 243 g/mol. The molecule has 0 aromatic heterocycles. The van der Waals surface area contributed by atoms with Crippen LogP contribution in [0.2, 0.25) is 0 Å². The first kappa shape index (κ1) is 14.3. The van der Waals surface area contributed by atoms with E-state index < -0.39 is 5.60 Å². The van der Waals surface area contributed by atoms with Gasteiger partial charge in [0, 0.05) is 25.2 Å². The Kier molecular flexibility index (Phi) is 5.21. The van der Waals surface area contributed by atoms with E-state index in [1.54, 1.807) is 0 Å². The Balaban J connectivity index is 2.23. The van der Waals surface area contributed by atoms with E-state index in [1.807, 2.05) is 20.8 Å². The minimum Gasteiger partial charge on any atom is -0.444 e. The Morgan fingerprint density at radius 3 is 2.59 bits per heavy atom. The van der Waals surface area contributed by atoms with Crippen LogP contribution in [0.1, 0.15) is 40.0 Å². The number of carbonyl (C=O) groups excluding carboxylic acids is 1. The summed E-state index contributed by atoms with van der Waals surface area (Å²) in [4.78, 5) is 11.6. The molecule has 0 spiro atoms. The second-order valence-corrected chi connectivity index (χ2v) is 5.60. The lowest BCUT2D eigenvalue weighted by Crippen LogP contribution is -2.39. The van der Waals surface area contributed by atoms with Gasteiger partial charge in [0.1, 0.15) is 5.60 Å². The van der Waals surface area contributed by atoms with Crippen molar-refractivity contribution in [1.82, 2.24) is 10.6 Å². The number of alkyl carbamates (subject to hydrolysis) is 1. The van der Waals surface area contributed by atoms with Crippen molar-refractivity contribution in [3.05, 3.63) is 0 Å². The Bertz CT molecular complexity index is 251. The van der Waals surface area contributed by atoms with Gasteiger partial charge in [-0.3, -0.25) is 0 Å². The monoisotopic (exact) mass is 243 g/mol. The van der Waals surface area contributed by atoms with E-state index in [-0.39, 0.29) is 12.1 Å². The fourth-order valence-electron chi connectivity index (χ4n) is 2.06. The molecule has 1 aliphatic rings. The molecule has 100 valence electrons. The highest BCUT2D eigenvalue weighted by Gasteiger charge is 2.27. The second kappa shape index (κ2) is 6.21. The molecule has 1 saturated carbocycles. The first-order chi connectivity index (χ1) is 7.90. The maximum absolute atomic E-state index is 11.6. The van der Waals surface area contributed by atoms with Gasteiger partial charge in [-0.05, 0) is 40.0 Å². The molecule has 5 heteroatoms. The van der Waals surface area contributed by atoms with E-state index >= 15 is 0 Å². The minimum absolute atomic E-state index is 0.222. The summed E-state index contributed by atoms with van der Waals surface area (Å²) in [6.45, 7) is 7.09. The van der Waals surface area contributed by atoms with E-state index in [2.05, 4.69) is 10.6 Å². The van der Waals surface area contributed by atoms with Crippen LogP contribution in [0.3, 0.4) is 0 Å². The van der Waals surface area contributed by atoms with Crippen LogP contribution in [0.4, 0.5) is 4.79 Å². The zero-order valence-corrected chi connectivity index (χ0v) is 11.1. The fraction of sp³-hybridized carbons (Fsp3) is 0.917. The predicted octanol–water partition coefficient (Wildman–Crippen LogP) is 0.981. The van der Waals surface area contributed by atoms with Crippen LogP contribution in [0, 0.1) is 0 Å². The third-order valence-electron chi connectivity index (χ3n) is 2.73. The molecule has 1 fully saturated rings. The lowest BCUT2D eigenvalue weighted by molar-refractivity contribution is 0.0505. The summed E-state index contributed by atoms with van der Waals surface area (Å²) in [5, 5.41) is 6.28. The second-order valence-electron chi connectivity index (χ2n) is 5.60. The van der Waals surface area contributed by atoms with Crippen LogP contribution in [0.5, 0.6) is 0 Å². The standard InChI is InChI=1S/C12H25N3O2/c1-12(2,3)17-11(16)15-10-5-4-9(8-10)14-7-6-13/h9-10,14H,4-8,13H2,1-3H3,(H,15,16). The molecular weight excluding hydrogens is 218 g/mol. The van der Waals surface area contributed by atoms with Crippen LogP contribution in [0.25, 0.3) is 0 Å². The van der Waals surface area contributed by atoms with Crippen molar-refractivity contribution in [2.45, 2.75) is 57.7 Å². The first-order valence-electron chi connectivity index (χ1n) is 6.33. The van der Waals surface area contributed by atoms with Gasteiger partial charge < -0.3 is 21.1 Å². The molecule has 0 saturated heterocycles. The number of hydrogen-bond acceptors (Lipinski definition) is 4. The van der Waals surface area contributed by atoms with Gasteiger partial charge in [-0.25, -0.2) is 4.79 Å². The Morgan fingerprint density at radius 2 is 2.00 bits per heavy atom. The summed E-state index contributed by atoms with van der Waals surface area (Å²) in [6.07, 6.45) is 2.73. The van der Waals surface area contributed by atoms with Crippen LogP contribution in [-0.2, 0) is 4.74 Å². The van der Waals surface area contributed by atoms with Gasteiger partial charge in [0.05, 0.1) is 0 Å². The fourth-order valence-corrected chi connectivity index (χ4v) is 2.06. The molecule has 0 bridgehead atoms. The van der Waals surface area contributed by atoms with Crippen molar-refractivity contribution in [2.75, 3.05) is 13.1 Å². The Morgan fingerprint density at radius 1 is 1.35 bits per heavy atom. The van der Waals surface area contributed by atoms with E-state index in [4.69, 9.17) is 10.5 Å². The van der Waals surface area contributed by atoms with Crippen LogP contribution in [0.15, 0.2) is 0 Å². The van der Waals surface area contributed by atoms with Gasteiger partial charge in [0.25, 0.3) is 0 Å². The lowest BCUT2D eigenvalue weighted by atomic mass is 10.2. The van der Waals surface area contributed by atoms with Gasteiger partial charge in [0.2, 0.25) is 0 Å². The van der Waals surface area contributed by atoms with Gasteiger partial charge in [-0.2, -0.15) is 0 Å². The molecule has 0 radical (unpaired) electrons. The molecule has 2 unspecified atom stereocenters. The van der Waals surface area contributed by atoms with Crippen molar-refractivity contribution in [2.24, 2.45) is 5.73 Å². The highest BCUT2D eigenvalue weighted by Crippen LogP contribution is 2.19. The molecule has 17 heavy (non-hydrogen) atoms. The quantitative estimate of drug-likeness (QED) is 0.688. The van der Waals surface area contributed by atoms with E-state index in [0.717, 1.165) is 25.8 Å². The van der Waals surface area contributed by atoms with Gasteiger partial charge >= 0.3 is 6.09 Å². The zero-order chi connectivity index (χ0) is 12.9. The summed E-state index contributed by atoms with van der Waals surface area (Å²) in [5.41, 5.74) is 5.01. The van der Waals surface area contributed by atoms with Gasteiger partial charge in [-0.1, -0.05) is 0 Å². The van der Waals surface area contributed by atoms with Crippen LogP contribution >= 0.6 is 0 Å². The summed E-state index contributed by atoms with van der Waals surface area (Å²) in [7, 11) is 0. The third-order valence-corrected chi connectivity index (χ3v) is 2.73. The van der Waals surface area contributed by atoms with Crippen molar-refractivity contribution in [3.8, 4) is 0 Å². The lowest BCUT2D eigenvalue weighted by Gasteiger charge is -2.21. The molecule has 4 N–H and O–H groups in total. The van der Waals surface area contributed by atoms with Crippen molar-refractivity contribution in [1.29, 1.82) is 0 Å². The third kappa shape index (κ3) is 5.89. The maximum Gasteiger partial charge on any atom is 0.407 e. The average Bonchev–Trinajstić information content (AvgIpc) is 2.59. The van der Waals surface area contributed by atoms with Gasteiger partial charge in [0.15, 0.2) is 0 Å². The molecule has 0 aliphatic heterocycles. The first-order valence-corrected chi connectivity index (χ1v) is 6.33. The number of nitrogens with one attached hydrogen (secondary N) is 2. The van der Waals surface area contributed by atoms with Crippen molar-refractivity contribution >= 4 is 6.09 Å². The summed E-state index contributed by atoms with van der Waals surface area (Å²) in [6, 6.07) is 0.693. The SMILES string of the molecule is CC(C)(C)OC(=O)NC1CCC(NCCN)C1. The summed E-state index contributed by atoms with van der Waals surface area (Å²) < 4.78 is 5.23. The largest absolute Gasteiger partial charge is 0.444 e. The number of amides is 1. The molecular formula is C12H25N3O2. The number of hydrogen-bond donors (Lipinski definition) is 3. The number of rotatable bonds is 4. The molecule has 1 amide bonds. The van der Waals surface area contributed by atoms with Crippen molar-refractivity contribution in [3.63, 3.8) is 0 Å². The zero-order valence-electron chi connectivity index (χ0n) is 11.1. The normalized spacial score (nSPS) is 24.7. The molecule has 2 atom stereocenters. The van der Waals surface area contributed by atoms with Crippen molar-refractivity contribution < 1.29 is 9.53 Å². The molecule has 0 aromatic carbocycles.